The Balaban J connectivity index is 0.000000815. The maximum atomic E-state index is 6.56. The third kappa shape index (κ3) is 3.18. The van der Waals surface area contributed by atoms with Gasteiger partial charge in [0.15, 0.2) is 0 Å². The van der Waals surface area contributed by atoms with Crippen LogP contribution in [0.1, 0.15) is 56.2 Å². The minimum atomic E-state index is -0.297. The molecule has 2 aromatic heterocycles. The number of rotatable bonds is 1. The Morgan fingerprint density at radius 2 is 2.04 bits per heavy atom. The number of pyridine rings is 2. The van der Waals surface area contributed by atoms with E-state index in [0.29, 0.717) is 5.02 Å². The molecule has 128 valence electrons. The molecule has 2 aromatic rings. The van der Waals surface area contributed by atoms with Crippen LogP contribution in [0.25, 0.3) is 0 Å². The van der Waals surface area contributed by atoms with E-state index in [2.05, 4.69) is 21.4 Å². The second kappa shape index (κ2) is 7.60. The van der Waals surface area contributed by atoms with Gasteiger partial charge in [0, 0.05) is 23.0 Å². The number of halogens is 1. The molecule has 1 N–H and O–H groups in total. The van der Waals surface area contributed by atoms with Crippen molar-refractivity contribution < 1.29 is 4.74 Å². The smallest absolute Gasteiger partial charge is 0.128 e. The van der Waals surface area contributed by atoms with Crippen LogP contribution in [0.5, 0.6) is 0 Å². The number of nitrogens with one attached hydrogen (secondary N) is 1. The summed E-state index contributed by atoms with van der Waals surface area (Å²) >= 11 is 6.13. The van der Waals surface area contributed by atoms with Gasteiger partial charge in [0.25, 0.3) is 0 Å². The van der Waals surface area contributed by atoms with Crippen LogP contribution in [0.3, 0.4) is 0 Å². The molecule has 2 atom stereocenters. The van der Waals surface area contributed by atoms with Gasteiger partial charge in [-0.15, -0.1) is 0 Å². The Kier molecular flexibility index (Phi) is 5.49. The number of aromatic nitrogens is 2. The number of nitrogens with zero attached hydrogens (tertiary/aromatic N) is 2. The second-order valence-electron chi connectivity index (χ2n) is 5.94. The summed E-state index contributed by atoms with van der Waals surface area (Å²) in [5.74, 6) is 0. The quantitative estimate of drug-likeness (QED) is 0.839. The maximum Gasteiger partial charge on any atom is 0.128 e. The van der Waals surface area contributed by atoms with E-state index in [9.17, 15) is 0 Å². The third-order valence-electron chi connectivity index (χ3n) is 4.55. The zero-order chi connectivity index (χ0) is 17.0. The van der Waals surface area contributed by atoms with Gasteiger partial charge in [0.1, 0.15) is 11.7 Å². The topological polar surface area (TPSA) is 47.0 Å². The fourth-order valence-electron chi connectivity index (χ4n) is 3.53. The lowest BCUT2D eigenvalue weighted by Crippen LogP contribution is -2.28. The van der Waals surface area contributed by atoms with Crippen molar-refractivity contribution in [1.82, 2.24) is 15.3 Å². The van der Waals surface area contributed by atoms with Crippen LogP contribution in [0.2, 0.25) is 5.02 Å². The SMILES string of the molecule is CC.Clc1ccnc(C2OC3(CCCNCC3)c3ncccc32)c1. The molecule has 5 heteroatoms. The highest BCUT2D eigenvalue weighted by atomic mass is 35.5. The van der Waals surface area contributed by atoms with Crippen molar-refractivity contribution in [3.05, 3.63) is 58.6 Å². The largest absolute Gasteiger partial charge is 0.354 e. The maximum absolute atomic E-state index is 6.56. The first-order valence-corrected chi connectivity index (χ1v) is 9.12. The van der Waals surface area contributed by atoms with E-state index >= 15 is 0 Å². The minimum Gasteiger partial charge on any atom is -0.354 e. The molecule has 4 rings (SSSR count). The molecule has 0 radical (unpaired) electrons. The van der Waals surface area contributed by atoms with E-state index < -0.39 is 0 Å². The normalized spacial score (nSPS) is 25.5. The minimum absolute atomic E-state index is 0.180. The molecule has 24 heavy (non-hydrogen) atoms. The summed E-state index contributed by atoms with van der Waals surface area (Å²) in [5.41, 5.74) is 2.76. The molecule has 0 amide bonds. The summed E-state index contributed by atoms with van der Waals surface area (Å²) in [5, 5.41) is 4.13. The van der Waals surface area contributed by atoms with Crippen molar-refractivity contribution in [3.8, 4) is 0 Å². The zero-order valence-corrected chi connectivity index (χ0v) is 15.0. The fraction of sp³-hybridized carbons (Fsp3) is 0.474. The molecule has 1 spiro atoms. The first-order chi connectivity index (χ1) is 11.8. The monoisotopic (exact) mass is 345 g/mol. The number of fused-ring (bicyclic) bond motifs is 2. The highest BCUT2D eigenvalue weighted by molar-refractivity contribution is 6.30. The summed E-state index contributed by atoms with van der Waals surface area (Å²) in [6, 6.07) is 7.74. The second-order valence-corrected chi connectivity index (χ2v) is 6.37. The summed E-state index contributed by atoms with van der Waals surface area (Å²) in [4.78, 5) is 9.13. The van der Waals surface area contributed by atoms with Gasteiger partial charge >= 0.3 is 0 Å². The highest BCUT2D eigenvalue weighted by Gasteiger charge is 2.47. The fourth-order valence-corrected chi connectivity index (χ4v) is 3.70. The summed E-state index contributed by atoms with van der Waals surface area (Å²) in [6.45, 7) is 5.99. The molecular weight excluding hydrogens is 322 g/mol. The van der Waals surface area contributed by atoms with E-state index in [1.54, 1.807) is 12.3 Å². The van der Waals surface area contributed by atoms with Crippen molar-refractivity contribution in [2.75, 3.05) is 13.1 Å². The molecule has 1 fully saturated rings. The van der Waals surface area contributed by atoms with Crippen LogP contribution < -0.4 is 5.32 Å². The molecule has 2 unspecified atom stereocenters. The average Bonchev–Trinajstić information content (AvgIpc) is 2.77. The Labute approximate surface area is 148 Å². The molecule has 2 aliphatic heterocycles. The Hall–Kier alpha value is -1.49. The van der Waals surface area contributed by atoms with E-state index in [1.165, 1.54) is 0 Å². The standard InChI is InChI=1S/C17H18ClN3O.C2H6/c18-12-4-9-20-14(11-12)15-13-3-1-8-21-16(13)17(22-15)5-2-7-19-10-6-17;1-2/h1,3-4,8-9,11,15,19H,2,5-7,10H2;1-2H3. The van der Waals surface area contributed by atoms with Gasteiger partial charge in [-0.25, -0.2) is 0 Å². The van der Waals surface area contributed by atoms with Crippen LogP contribution in [-0.4, -0.2) is 23.1 Å². The lowest BCUT2D eigenvalue weighted by Gasteiger charge is -2.28. The molecule has 4 heterocycles. The van der Waals surface area contributed by atoms with Gasteiger partial charge in [-0.2, -0.15) is 0 Å². The van der Waals surface area contributed by atoms with E-state index in [-0.39, 0.29) is 11.7 Å². The van der Waals surface area contributed by atoms with Crippen LogP contribution in [0.4, 0.5) is 0 Å². The van der Waals surface area contributed by atoms with Gasteiger partial charge in [-0.1, -0.05) is 31.5 Å². The third-order valence-corrected chi connectivity index (χ3v) is 4.78. The van der Waals surface area contributed by atoms with Crippen molar-refractivity contribution in [2.24, 2.45) is 0 Å². The van der Waals surface area contributed by atoms with Crippen molar-refractivity contribution in [1.29, 1.82) is 0 Å². The lowest BCUT2D eigenvalue weighted by molar-refractivity contribution is -0.0724. The van der Waals surface area contributed by atoms with Gasteiger partial charge in [-0.3, -0.25) is 9.97 Å². The van der Waals surface area contributed by atoms with Gasteiger partial charge in [-0.05, 0) is 50.6 Å². The molecule has 0 aliphatic carbocycles. The van der Waals surface area contributed by atoms with E-state index in [4.69, 9.17) is 16.3 Å². The predicted octanol–water partition coefficient (Wildman–Crippen LogP) is 4.24. The molecule has 0 aromatic carbocycles. The van der Waals surface area contributed by atoms with Crippen molar-refractivity contribution in [3.63, 3.8) is 0 Å². The molecular formula is C19H24ClN3O. The lowest BCUT2D eigenvalue weighted by atomic mass is 9.89. The molecule has 0 bridgehead atoms. The first kappa shape index (κ1) is 17.3. The molecule has 0 saturated carbocycles. The Morgan fingerprint density at radius 1 is 1.17 bits per heavy atom. The Morgan fingerprint density at radius 3 is 2.88 bits per heavy atom. The number of hydrogen-bond donors (Lipinski definition) is 1. The highest BCUT2D eigenvalue weighted by Crippen LogP contribution is 2.49. The van der Waals surface area contributed by atoms with E-state index in [1.807, 2.05) is 32.2 Å². The van der Waals surface area contributed by atoms with E-state index in [0.717, 1.165) is 49.3 Å². The summed E-state index contributed by atoms with van der Waals surface area (Å²) in [7, 11) is 0. The van der Waals surface area contributed by atoms with Gasteiger partial charge < -0.3 is 10.1 Å². The summed E-state index contributed by atoms with van der Waals surface area (Å²) < 4.78 is 6.56. The van der Waals surface area contributed by atoms with Gasteiger partial charge in [0.05, 0.1) is 11.4 Å². The predicted molar refractivity (Wildman–Crippen MR) is 96.2 cm³/mol. The average molecular weight is 346 g/mol. The van der Waals surface area contributed by atoms with Crippen LogP contribution >= 0.6 is 11.6 Å². The number of ether oxygens (including phenoxy) is 1. The van der Waals surface area contributed by atoms with Crippen LogP contribution in [0, 0.1) is 0 Å². The summed E-state index contributed by atoms with van der Waals surface area (Å²) in [6.07, 6.45) is 6.42. The van der Waals surface area contributed by atoms with Crippen LogP contribution in [0.15, 0.2) is 36.7 Å². The Bertz CT molecular complexity index is 684. The van der Waals surface area contributed by atoms with Gasteiger partial charge in [0.2, 0.25) is 0 Å². The van der Waals surface area contributed by atoms with Crippen molar-refractivity contribution >= 4 is 11.6 Å². The molecule has 1 saturated heterocycles. The first-order valence-electron chi connectivity index (χ1n) is 8.74. The zero-order valence-electron chi connectivity index (χ0n) is 14.3. The van der Waals surface area contributed by atoms with Crippen LogP contribution in [-0.2, 0) is 10.3 Å². The molecule has 4 nitrogen and oxygen atoms in total. The molecule has 2 aliphatic rings. The van der Waals surface area contributed by atoms with Crippen molar-refractivity contribution in [2.45, 2.75) is 44.8 Å². The number of hydrogen-bond acceptors (Lipinski definition) is 4.